The van der Waals surface area contributed by atoms with Gasteiger partial charge in [0.25, 0.3) is 0 Å². The van der Waals surface area contributed by atoms with Gasteiger partial charge < -0.3 is 14.6 Å². The van der Waals surface area contributed by atoms with Gasteiger partial charge in [0.15, 0.2) is 6.04 Å². The third-order valence-corrected chi connectivity index (χ3v) is 4.30. The fraction of sp³-hybridized carbons (Fsp3) is 0.150. The molecule has 3 rings (SSSR count). The van der Waals surface area contributed by atoms with Crippen molar-refractivity contribution in [2.75, 3.05) is 0 Å². The third kappa shape index (κ3) is 3.09. The number of carbonyl (C=O) groups is 1. The van der Waals surface area contributed by atoms with E-state index in [-0.39, 0.29) is 11.3 Å². The van der Waals surface area contributed by atoms with Crippen LogP contribution in [0.4, 0.5) is 0 Å². The van der Waals surface area contributed by atoms with Crippen LogP contribution in [0, 0.1) is 13.8 Å². The van der Waals surface area contributed by atoms with E-state index in [4.69, 9.17) is 4.42 Å². The lowest BCUT2D eigenvalue weighted by atomic mass is 10.0. The van der Waals surface area contributed by atoms with E-state index in [0.717, 1.165) is 17.3 Å². The zero-order valence-electron chi connectivity index (χ0n) is 14.3. The molecule has 0 amide bonds. The Morgan fingerprint density at radius 3 is 2.50 bits per heavy atom. The number of fused-ring (bicyclic) bond motifs is 1. The molecule has 6 heteroatoms. The molecule has 6 nitrogen and oxygen atoms in total. The lowest BCUT2D eigenvalue weighted by molar-refractivity contribution is -0.138. The number of hydrogen-bond donors (Lipinski definition) is 2. The minimum atomic E-state index is -1.19. The van der Waals surface area contributed by atoms with Crippen LogP contribution in [-0.2, 0) is 4.79 Å². The van der Waals surface area contributed by atoms with Crippen LogP contribution in [0.25, 0.3) is 11.0 Å². The highest BCUT2D eigenvalue weighted by atomic mass is 16.4. The van der Waals surface area contributed by atoms with Crippen molar-refractivity contribution in [2.24, 2.45) is 4.99 Å². The van der Waals surface area contributed by atoms with E-state index in [1.165, 1.54) is 0 Å². The molecular formula is C20H17NO5. The van der Waals surface area contributed by atoms with Gasteiger partial charge in [-0.25, -0.2) is 9.59 Å². The van der Waals surface area contributed by atoms with E-state index >= 15 is 0 Å². The molecule has 0 saturated heterocycles. The van der Waals surface area contributed by atoms with Crippen molar-refractivity contribution in [3.63, 3.8) is 0 Å². The first-order valence-corrected chi connectivity index (χ1v) is 7.97. The molecule has 0 aliphatic rings. The average molecular weight is 351 g/mol. The Balaban J connectivity index is 2.11. The minimum Gasteiger partial charge on any atom is -0.506 e. The normalized spacial score (nSPS) is 12.5. The SMILES string of the molecule is Cc1ccc2c(O)c(C=NC(C(=O)O)c3ccccc3)c(=O)oc2c1C. The summed E-state index contributed by atoms with van der Waals surface area (Å²) < 4.78 is 5.33. The second kappa shape index (κ2) is 6.84. The van der Waals surface area contributed by atoms with Crippen molar-refractivity contribution in [2.45, 2.75) is 19.9 Å². The summed E-state index contributed by atoms with van der Waals surface area (Å²) in [6, 6.07) is 10.7. The topological polar surface area (TPSA) is 100 Å². The summed E-state index contributed by atoms with van der Waals surface area (Å²) in [7, 11) is 0. The van der Waals surface area contributed by atoms with Crippen molar-refractivity contribution in [1.29, 1.82) is 0 Å². The number of carboxylic acid groups (broad SMARTS) is 1. The molecular weight excluding hydrogens is 334 g/mol. The lowest BCUT2D eigenvalue weighted by Crippen LogP contribution is -2.12. The fourth-order valence-electron chi connectivity index (χ4n) is 2.69. The summed E-state index contributed by atoms with van der Waals surface area (Å²) in [4.78, 5) is 27.8. The Morgan fingerprint density at radius 1 is 1.15 bits per heavy atom. The molecule has 0 aliphatic carbocycles. The standard InChI is InChI=1S/C20H17NO5/c1-11-8-9-14-17(22)15(20(25)26-18(14)12(11)2)10-21-16(19(23)24)13-6-4-3-5-7-13/h3-10,16,22H,1-2H3,(H,23,24). The average Bonchev–Trinajstić information content (AvgIpc) is 2.62. The van der Waals surface area contributed by atoms with Crippen LogP contribution < -0.4 is 5.63 Å². The summed E-state index contributed by atoms with van der Waals surface area (Å²) >= 11 is 0. The van der Waals surface area contributed by atoms with E-state index < -0.39 is 17.6 Å². The zero-order valence-corrected chi connectivity index (χ0v) is 14.3. The van der Waals surface area contributed by atoms with Gasteiger partial charge in [-0.05, 0) is 36.6 Å². The lowest BCUT2D eigenvalue weighted by Gasteiger charge is -2.09. The van der Waals surface area contributed by atoms with Crippen molar-refractivity contribution in [1.82, 2.24) is 0 Å². The maximum absolute atomic E-state index is 12.3. The third-order valence-electron chi connectivity index (χ3n) is 4.30. The van der Waals surface area contributed by atoms with Gasteiger partial charge in [-0.15, -0.1) is 0 Å². The summed E-state index contributed by atoms with van der Waals surface area (Å²) in [5.74, 6) is -1.44. The van der Waals surface area contributed by atoms with Crippen LogP contribution in [0.3, 0.4) is 0 Å². The maximum atomic E-state index is 12.3. The van der Waals surface area contributed by atoms with Gasteiger partial charge in [0.1, 0.15) is 16.9 Å². The molecule has 3 aromatic rings. The van der Waals surface area contributed by atoms with E-state index in [1.54, 1.807) is 43.3 Å². The quantitative estimate of drug-likeness (QED) is 0.554. The molecule has 0 saturated carbocycles. The van der Waals surface area contributed by atoms with Crippen molar-refractivity contribution in [3.8, 4) is 5.75 Å². The molecule has 0 radical (unpaired) electrons. The summed E-state index contributed by atoms with van der Waals surface area (Å²) in [5.41, 5.74) is 1.50. The van der Waals surface area contributed by atoms with Gasteiger partial charge in [-0.1, -0.05) is 36.4 Å². The zero-order chi connectivity index (χ0) is 18.8. The van der Waals surface area contributed by atoms with Gasteiger partial charge in [0.05, 0.1) is 5.39 Å². The monoisotopic (exact) mass is 351 g/mol. The molecule has 0 aliphatic heterocycles. The molecule has 1 heterocycles. The Morgan fingerprint density at radius 2 is 1.85 bits per heavy atom. The Bertz CT molecular complexity index is 1070. The molecule has 0 bridgehead atoms. The summed E-state index contributed by atoms with van der Waals surface area (Å²) in [6.45, 7) is 3.67. The number of benzene rings is 2. The molecule has 1 atom stereocenters. The van der Waals surface area contributed by atoms with Crippen molar-refractivity contribution < 1.29 is 19.4 Å². The van der Waals surface area contributed by atoms with Crippen LogP contribution in [0.5, 0.6) is 5.75 Å². The molecule has 1 aromatic heterocycles. The van der Waals surface area contributed by atoms with Gasteiger partial charge in [0.2, 0.25) is 0 Å². The first-order valence-electron chi connectivity index (χ1n) is 7.97. The molecule has 0 fully saturated rings. The highest BCUT2D eigenvalue weighted by Crippen LogP contribution is 2.29. The Labute approximate surface area is 149 Å². The van der Waals surface area contributed by atoms with Crippen LogP contribution in [-0.4, -0.2) is 22.4 Å². The van der Waals surface area contributed by atoms with Gasteiger partial charge in [-0.3, -0.25) is 4.99 Å². The largest absolute Gasteiger partial charge is 0.506 e. The first-order chi connectivity index (χ1) is 12.4. The smallest absolute Gasteiger partial charge is 0.348 e. The molecule has 2 aromatic carbocycles. The second-order valence-corrected chi connectivity index (χ2v) is 5.97. The number of rotatable bonds is 4. The van der Waals surface area contributed by atoms with Crippen LogP contribution in [0.1, 0.15) is 28.3 Å². The van der Waals surface area contributed by atoms with E-state index in [1.807, 2.05) is 13.0 Å². The second-order valence-electron chi connectivity index (χ2n) is 5.97. The number of hydrogen-bond acceptors (Lipinski definition) is 5. The van der Waals surface area contributed by atoms with Crippen molar-refractivity contribution in [3.05, 3.63) is 75.1 Å². The number of aromatic hydroxyl groups is 1. The Hall–Kier alpha value is -3.41. The maximum Gasteiger partial charge on any atom is 0.348 e. The molecule has 0 spiro atoms. The molecule has 132 valence electrons. The van der Waals surface area contributed by atoms with E-state index in [2.05, 4.69) is 4.99 Å². The number of aliphatic imine (C=N–C) groups is 1. The Kier molecular flexibility index (Phi) is 4.58. The predicted molar refractivity (Wildman–Crippen MR) is 98.0 cm³/mol. The van der Waals surface area contributed by atoms with Gasteiger partial charge >= 0.3 is 11.6 Å². The summed E-state index contributed by atoms with van der Waals surface area (Å²) in [6.07, 6.45) is 1.06. The number of nitrogens with zero attached hydrogens (tertiary/aromatic N) is 1. The molecule has 1 unspecified atom stereocenters. The fourth-order valence-corrected chi connectivity index (χ4v) is 2.69. The molecule has 2 N–H and O–H groups in total. The van der Waals surface area contributed by atoms with Crippen LogP contribution in [0.15, 0.2) is 56.7 Å². The van der Waals surface area contributed by atoms with Crippen LogP contribution in [0.2, 0.25) is 0 Å². The van der Waals surface area contributed by atoms with Gasteiger partial charge in [-0.2, -0.15) is 0 Å². The highest BCUT2D eigenvalue weighted by molar-refractivity contribution is 5.95. The minimum absolute atomic E-state index is 0.178. The highest BCUT2D eigenvalue weighted by Gasteiger charge is 2.19. The molecule has 26 heavy (non-hydrogen) atoms. The number of aliphatic carboxylic acids is 1. The van der Waals surface area contributed by atoms with E-state index in [0.29, 0.717) is 16.5 Å². The number of aryl methyl sites for hydroxylation is 2. The first kappa shape index (κ1) is 17.4. The number of carboxylic acids is 1. The van der Waals surface area contributed by atoms with Crippen molar-refractivity contribution >= 4 is 23.2 Å². The van der Waals surface area contributed by atoms with E-state index in [9.17, 15) is 19.8 Å². The summed E-state index contributed by atoms with van der Waals surface area (Å²) in [5, 5.41) is 20.2. The predicted octanol–water partition coefficient (Wildman–Crippen LogP) is 3.36. The van der Waals surface area contributed by atoms with Crippen LogP contribution >= 0.6 is 0 Å². The van der Waals surface area contributed by atoms with Gasteiger partial charge in [0, 0.05) is 6.21 Å².